The zero-order chi connectivity index (χ0) is 48.4. The molecule has 0 saturated carbocycles. The van der Waals surface area contributed by atoms with E-state index in [0.717, 1.165) is 0 Å². The molecular formula is C47H73NO17. The molecule has 0 radical (unpaired) electrons. The van der Waals surface area contributed by atoms with E-state index in [1.165, 1.54) is 13.0 Å². The molecule has 0 aliphatic carbocycles. The highest BCUT2D eigenvalue weighted by Crippen LogP contribution is 2.38. The number of aliphatic carboxylic acids is 1. The van der Waals surface area contributed by atoms with Crippen LogP contribution < -0.4 is 5.73 Å². The van der Waals surface area contributed by atoms with Crippen LogP contribution in [-0.2, 0) is 28.5 Å². The molecule has 18 heteroatoms. The first-order chi connectivity index (χ1) is 30.6. The average molecular weight is 924 g/mol. The van der Waals surface area contributed by atoms with Gasteiger partial charge in [0.2, 0.25) is 0 Å². The van der Waals surface area contributed by atoms with Gasteiger partial charge in [0.1, 0.15) is 18.1 Å². The number of esters is 1. The first kappa shape index (κ1) is 55.9. The van der Waals surface area contributed by atoms with Crippen molar-refractivity contribution >= 4 is 11.9 Å². The van der Waals surface area contributed by atoms with Gasteiger partial charge in [-0.25, -0.2) is 0 Å². The Morgan fingerprint density at radius 1 is 0.662 bits per heavy atom. The highest BCUT2D eigenvalue weighted by atomic mass is 16.7. The summed E-state index contributed by atoms with van der Waals surface area (Å²) in [5.41, 5.74) is 6.02. The van der Waals surface area contributed by atoms with Gasteiger partial charge in [-0.3, -0.25) is 9.59 Å². The molecule has 368 valence electrons. The van der Waals surface area contributed by atoms with Crippen molar-refractivity contribution < 1.29 is 84.7 Å². The van der Waals surface area contributed by atoms with E-state index in [1.54, 1.807) is 80.7 Å². The van der Waals surface area contributed by atoms with Crippen molar-refractivity contribution in [2.75, 3.05) is 0 Å². The average Bonchev–Trinajstić information content (AvgIpc) is 3.21. The van der Waals surface area contributed by atoms with Crippen LogP contribution in [-0.4, -0.2) is 166 Å². The fourth-order valence-corrected chi connectivity index (χ4v) is 7.97. The van der Waals surface area contributed by atoms with Crippen LogP contribution >= 0.6 is 0 Å². The minimum absolute atomic E-state index is 0.107. The molecule has 0 aromatic carbocycles. The predicted molar refractivity (Wildman–Crippen MR) is 237 cm³/mol. The number of cyclic esters (lactones) is 1. The van der Waals surface area contributed by atoms with Crippen LogP contribution in [0.25, 0.3) is 0 Å². The van der Waals surface area contributed by atoms with E-state index in [4.69, 9.17) is 24.7 Å². The van der Waals surface area contributed by atoms with Gasteiger partial charge in [-0.1, -0.05) is 98.9 Å². The number of carboxylic acid groups (broad SMARTS) is 1. The molecule has 0 aromatic rings. The number of ether oxygens (including phenoxy) is 4. The standard InChI is InChI=1S/C47H73NO17/c1-27-17-15-13-11-9-7-5-6-8-10-12-14-16-18-34(64-46-44(58)41(48)43(57)30(4)63-46)24-38-40(45(59)60)37(54)26-47(61,65-38)25-33(51)22-36(53)35(52)20-19-31(49)21-32(50)23-39(55)62-29(3)28(2)42(27)56/h5-18,27-38,40-44,46,49-54,56-58,61H,19-26,48H2,1-4H3,(H,59,60)/b6-5+,9-7+,10-8+,13-11+,14-12+,17-15+,18-16+/t27?,28?,29?,30?,31-,32-,33+,34+,35-,36-,37?,38+,40-,41?,42-,43?,44?,46?,47-/m1/s1. The number of carbonyl (C=O) groups is 2. The summed E-state index contributed by atoms with van der Waals surface area (Å²) in [5.74, 6) is -6.83. The lowest BCUT2D eigenvalue weighted by molar-refractivity contribution is -0.308. The van der Waals surface area contributed by atoms with Gasteiger partial charge in [-0.05, 0) is 33.1 Å². The van der Waals surface area contributed by atoms with Gasteiger partial charge < -0.3 is 80.9 Å². The number of carboxylic acids is 1. The maximum absolute atomic E-state index is 12.6. The Morgan fingerprint density at radius 3 is 1.82 bits per heavy atom. The molecule has 13 N–H and O–H groups in total. The number of hydrogen-bond donors (Lipinski definition) is 12. The predicted octanol–water partition coefficient (Wildman–Crippen LogP) is 0.712. The number of aliphatic hydroxyl groups is 10. The molecular weight excluding hydrogens is 851 g/mol. The summed E-state index contributed by atoms with van der Waals surface area (Å²) in [7, 11) is 0. The lowest BCUT2D eigenvalue weighted by Crippen LogP contribution is -2.61. The third-order valence-corrected chi connectivity index (χ3v) is 12.0. The van der Waals surface area contributed by atoms with Crippen LogP contribution in [0.1, 0.15) is 79.1 Å². The zero-order valence-electron chi connectivity index (χ0n) is 37.6. The van der Waals surface area contributed by atoms with Crippen LogP contribution in [0, 0.1) is 17.8 Å². The molecule has 3 rings (SSSR count). The SMILES string of the molecule is CC1OC(O[C@H]2/C=C/C=C/C=C/C=C/C=C/C=C/C=C/C(C)[C@@H](O)C(C)C(C)OC(=O)C[C@H](O)C[C@H](O)CC[C@@H](O)[C@H](O)C[C@H](O)C[C@]3(O)CC(O)[C@@H](C(=O)O)[C@H](C2)O3)C(O)C(N)C1O. The van der Waals surface area contributed by atoms with Crippen LogP contribution in [0.3, 0.4) is 0 Å². The van der Waals surface area contributed by atoms with Crippen LogP contribution in [0.2, 0.25) is 0 Å². The van der Waals surface area contributed by atoms with Crippen molar-refractivity contribution in [2.24, 2.45) is 23.5 Å². The number of allylic oxidation sites excluding steroid dienone is 12. The Morgan fingerprint density at radius 2 is 1.23 bits per heavy atom. The number of aliphatic hydroxyl groups excluding tert-OH is 9. The van der Waals surface area contributed by atoms with E-state index in [0.29, 0.717) is 0 Å². The molecule has 2 bridgehead atoms. The summed E-state index contributed by atoms with van der Waals surface area (Å²) in [6.07, 6.45) is 3.46. The second-order valence-corrected chi connectivity index (χ2v) is 17.6. The molecule has 0 spiro atoms. The molecule has 2 saturated heterocycles. The summed E-state index contributed by atoms with van der Waals surface area (Å²) in [6.45, 7) is 6.74. The third-order valence-electron chi connectivity index (χ3n) is 12.0. The summed E-state index contributed by atoms with van der Waals surface area (Å²) < 4.78 is 23.1. The fraction of sp³-hybridized carbons (Fsp3) is 0.660. The maximum Gasteiger partial charge on any atom is 0.311 e. The van der Waals surface area contributed by atoms with Crippen molar-refractivity contribution in [1.82, 2.24) is 0 Å². The van der Waals surface area contributed by atoms with Crippen molar-refractivity contribution in [3.8, 4) is 0 Å². The molecule has 19 atom stereocenters. The first-order valence-electron chi connectivity index (χ1n) is 22.3. The minimum Gasteiger partial charge on any atom is -0.481 e. The van der Waals surface area contributed by atoms with Gasteiger partial charge in [0.05, 0.1) is 79.6 Å². The number of nitrogens with two attached hydrogens (primary N) is 1. The third kappa shape index (κ3) is 18.6. The van der Waals surface area contributed by atoms with Crippen molar-refractivity contribution in [2.45, 2.75) is 177 Å². The molecule has 3 heterocycles. The Bertz CT molecular complexity index is 1670. The Hall–Kier alpha value is -3.44. The quantitative estimate of drug-likeness (QED) is 0.174. The zero-order valence-corrected chi connectivity index (χ0v) is 37.6. The first-order valence-corrected chi connectivity index (χ1v) is 22.3. The molecule has 2 fully saturated rings. The Balaban J connectivity index is 1.86. The van der Waals surface area contributed by atoms with E-state index in [2.05, 4.69) is 0 Å². The minimum atomic E-state index is -2.33. The van der Waals surface area contributed by atoms with Crippen molar-refractivity contribution in [3.05, 3.63) is 85.1 Å². The second-order valence-electron chi connectivity index (χ2n) is 17.6. The van der Waals surface area contributed by atoms with E-state index in [9.17, 15) is 65.8 Å². The second kappa shape index (κ2) is 27.4. The van der Waals surface area contributed by atoms with Crippen LogP contribution in [0.5, 0.6) is 0 Å². The lowest BCUT2D eigenvalue weighted by Gasteiger charge is -2.45. The monoisotopic (exact) mass is 923 g/mol. The normalized spacial score (nSPS) is 45.5. The van der Waals surface area contributed by atoms with Crippen LogP contribution in [0.4, 0.5) is 0 Å². The molecule has 0 amide bonds. The lowest BCUT2D eigenvalue weighted by atomic mass is 9.82. The van der Waals surface area contributed by atoms with E-state index in [-0.39, 0.29) is 31.6 Å². The van der Waals surface area contributed by atoms with Crippen molar-refractivity contribution in [1.29, 1.82) is 0 Å². The number of hydrogen-bond acceptors (Lipinski definition) is 17. The molecule has 65 heavy (non-hydrogen) atoms. The Kier molecular flexibility index (Phi) is 23.6. The summed E-state index contributed by atoms with van der Waals surface area (Å²) in [5, 5.41) is 118. The van der Waals surface area contributed by atoms with E-state index in [1.807, 2.05) is 19.1 Å². The van der Waals surface area contributed by atoms with Gasteiger partial charge in [0, 0.05) is 37.5 Å². The van der Waals surface area contributed by atoms with Gasteiger partial charge >= 0.3 is 11.9 Å². The van der Waals surface area contributed by atoms with Gasteiger partial charge in [0.15, 0.2) is 12.1 Å². The summed E-state index contributed by atoms with van der Waals surface area (Å²) in [6, 6.07) is -1.15. The van der Waals surface area contributed by atoms with Gasteiger partial charge in [-0.2, -0.15) is 0 Å². The molecule has 9 unspecified atom stereocenters. The van der Waals surface area contributed by atoms with Crippen LogP contribution in [0.15, 0.2) is 85.1 Å². The fourth-order valence-electron chi connectivity index (χ4n) is 7.97. The number of carbonyl (C=O) groups excluding carboxylic acids is 1. The number of fused-ring (bicyclic) bond motifs is 2. The largest absolute Gasteiger partial charge is 0.481 e. The maximum atomic E-state index is 12.6. The Labute approximate surface area is 381 Å². The van der Waals surface area contributed by atoms with E-state index < -0.39 is 147 Å². The van der Waals surface area contributed by atoms with Crippen molar-refractivity contribution in [3.63, 3.8) is 0 Å². The molecule has 18 nitrogen and oxygen atoms in total. The molecule has 3 aliphatic heterocycles. The summed E-state index contributed by atoms with van der Waals surface area (Å²) in [4.78, 5) is 25.1. The highest BCUT2D eigenvalue weighted by molar-refractivity contribution is 5.71. The highest BCUT2D eigenvalue weighted by Gasteiger charge is 2.51. The van der Waals surface area contributed by atoms with E-state index >= 15 is 0 Å². The van der Waals surface area contributed by atoms with Gasteiger partial charge in [0.25, 0.3) is 0 Å². The number of rotatable bonds is 3. The summed E-state index contributed by atoms with van der Waals surface area (Å²) >= 11 is 0. The topological polar surface area (TPSA) is 320 Å². The smallest absolute Gasteiger partial charge is 0.311 e. The molecule has 3 aliphatic rings. The molecule has 0 aromatic heterocycles. The van der Waals surface area contributed by atoms with Gasteiger partial charge in [-0.15, -0.1) is 0 Å².